The van der Waals surface area contributed by atoms with Crippen LogP contribution in [0.2, 0.25) is 0 Å². The third-order valence-electron chi connectivity index (χ3n) is 5.45. The van der Waals surface area contributed by atoms with Gasteiger partial charge in [-0.1, -0.05) is 5.21 Å². The van der Waals surface area contributed by atoms with Crippen LogP contribution in [0.3, 0.4) is 0 Å². The fourth-order valence-corrected chi connectivity index (χ4v) is 3.88. The summed E-state index contributed by atoms with van der Waals surface area (Å²) in [6.07, 6.45) is 5.71. The molecule has 7 nitrogen and oxygen atoms in total. The van der Waals surface area contributed by atoms with Crippen molar-refractivity contribution in [3.63, 3.8) is 0 Å². The molecule has 0 radical (unpaired) electrons. The van der Waals surface area contributed by atoms with E-state index in [2.05, 4.69) is 52.7 Å². The highest BCUT2D eigenvalue weighted by Gasteiger charge is 2.29. The van der Waals surface area contributed by atoms with Crippen LogP contribution in [0.15, 0.2) is 24.5 Å². The highest BCUT2D eigenvalue weighted by molar-refractivity contribution is 5.69. The predicted octanol–water partition coefficient (Wildman–Crippen LogP) is 3.04. The van der Waals surface area contributed by atoms with Crippen LogP contribution in [0, 0.1) is 6.92 Å². The maximum absolute atomic E-state index is 10.2. The van der Waals surface area contributed by atoms with E-state index in [9.17, 15) is 5.11 Å². The number of fused-ring (bicyclic) bond motifs is 1. The van der Waals surface area contributed by atoms with Gasteiger partial charge in [0, 0.05) is 30.4 Å². The molecule has 0 saturated carbocycles. The Kier molecular flexibility index (Phi) is 3.99. The Morgan fingerprint density at radius 2 is 1.92 bits per heavy atom. The van der Waals surface area contributed by atoms with Crippen molar-refractivity contribution < 1.29 is 5.11 Å². The molecular formula is C19H26N6O. The Labute approximate surface area is 153 Å². The van der Waals surface area contributed by atoms with Gasteiger partial charge in [0.1, 0.15) is 17.0 Å². The largest absolute Gasteiger partial charge is 0.506 e. The zero-order valence-corrected chi connectivity index (χ0v) is 15.8. The van der Waals surface area contributed by atoms with E-state index in [1.165, 1.54) is 0 Å². The van der Waals surface area contributed by atoms with Gasteiger partial charge in [0.15, 0.2) is 0 Å². The molecule has 0 bridgehead atoms. The molecule has 1 fully saturated rings. The second kappa shape index (κ2) is 6.09. The normalized spacial score (nSPS) is 17.2. The van der Waals surface area contributed by atoms with Gasteiger partial charge in [-0.3, -0.25) is 4.90 Å². The molecule has 0 atom stereocenters. The average Bonchev–Trinajstić information content (AvgIpc) is 3.21. The lowest BCUT2D eigenvalue weighted by Crippen LogP contribution is -2.46. The molecule has 0 unspecified atom stereocenters. The van der Waals surface area contributed by atoms with Crippen molar-refractivity contribution in [2.24, 2.45) is 0 Å². The van der Waals surface area contributed by atoms with E-state index in [1.54, 1.807) is 22.8 Å². The van der Waals surface area contributed by atoms with Gasteiger partial charge in [-0.05, 0) is 52.7 Å². The average molecular weight is 354 g/mol. The van der Waals surface area contributed by atoms with Gasteiger partial charge in [0.25, 0.3) is 0 Å². The van der Waals surface area contributed by atoms with Gasteiger partial charge in [0.2, 0.25) is 0 Å². The van der Waals surface area contributed by atoms with Gasteiger partial charge >= 0.3 is 0 Å². The van der Waals surface area contributed by atoms with E-state index < -0.39 is 0 Å². The van der Waals surface area contributed by atoms with E-state index >= 15 is 0 Å². The van der Waals surface area contributed by atoms with E-state index in [0.29, 0.717) is 11.6 Å². The van der Waals surface area contributed by atoms with Crippen molar-refractivity contribution >= 4 is 5.52 Å². The third kappa shape index (κ3) is 2.86. The second-order valence-corrected chi connectivity index (χ2v) is 8.13. The summed E-state index contributed by atoms with van der Waals surface area (Å²) in [6.45, 7) is 11.0. The number of aromatic hydroxyl groups is 1. The number of hydrogen-bond donors (Lipinski definition) is 1. The van der Waals surface area contributed by atoms with Crippen LogP contribution in [0.4, 0.5) is 0 Å². The zero-order valence-electron chi connectivity index (χ0n) is 15.8. The highest BCUT2D eigenvalue weighted by Crippen LogP contribution is 2.31. The topological polar surface area (TPSA) is 71.5 Å². The number of hydrogen-bond acceptors (Lipinski definition) is 5. The van der Waals surface area contributed by atoms with Crippen molar-refractivity contribution in [3.05, 3.63) is 30.2 Å². The molecule has 0 spiro atoms. The van der Waals surface area contributed by atoms with Gasteiger partial charge in [-0.15, -0.1) is 5.10 Å². The molecule has 4 rings (SSSR count). The van der Waals surface area contributed by atoms with Crippen molar-refractivity contribution in [3.8, 4) is 17.0 Å². The summed E-state index contributed by atoms with van der Waals surface area (Å²) in [6, 6.07) is 3.89. The second-order valence-electron chi connectivity index (χ2n) is 8.13. The summed E-state index contributed by atoms with van der Waals surface area (Å²) >= 11 is 0. The lowest BCUT2D eigenvalue weighted by molar-refractivity contribution is 0.0861. The van der Waals surface area contributed by atoms with E-state index in [0.717, 1.165) is 42.9 Å². The number of rotatable bonds is 2. The maximum atomic E-state index is 10.2. The standard InChI is InChI=1S/C19H26N6O/c1-13-18(14-11-17(26)16-5-8-20-24(16)12-14)21-22-25(13)15-6-9-23(10-7-15)19(2,3)4/h5,8,11-12,15,26H,6-7,9-10H2,1-4H3. The quantitative estimate of drug-likeness (QED) is 0.766. The van der Waals surface area contributed by atoms with Gasteiger partial charge in [-0.25, -0.2) is 9.20 Å². The third-order valence-corrected chi connectivity index (χ3v) is 5.45. The Morgan fingerprint density at radius 3 is 2.62 bits per heavy atom. The van der Waals surface area contributed by atoms with E-state index in [-0.39, 0.29) is 11.3 Å². The zero-order chi connectivity index (χ0) is 18.5. The number of pyridine rings is 1. The predicted molar refractivity (Wildman–Crippen MR) is 100 cm³/mol. The molecule has 26 heavy (non-hydrogen) atoms. The van der Waals surface area contributed by atoms with Crippen LogP contribution in [0.5, 0.6) is 5.75 Å². The lowest BCUT2D eigenvalue weighted by Gasteiger charge is -2.40. The summed E-state index contributed by atoms with van der Waals surface area (Å²) in [5.41, 5.74) is 3.56. The fraction of sp³-hybridized carbons (Fsp3) is 0.526. The maximum Gasteiger partial charge on any atom is 0.142 e. The van der Waals surface area contributed by atoms with E-state index in [1.807, 2.05) is 6.20 Å². The molecule has 3 aromatic heterocycles. The molecular weight excluding hydrogens is 328 g/mol. The van der Waals surface area contributed by atoms with Crippen molar-refractivity contribution in [2.75, 3.05) is 13.1 Å². The van der Waals surface area contributed by atoms with Gasteiger partial charge < -0.3 is 5.11 Å². The summed E-state index contributed by atoms with van der Waals surface area (Å²) in [7, 11) is 0. The van der Waals surface area contributed by atoms with Crippen LogP contribution in [-0.2, 0) is 0 Å². The molecule has 0 aromatic carbocycles. The first-order valence-electron chi connectivity index (χ1n) is 9.18. The van der Waals surface area contributed by atoms with Crippen LogP contribution in [0.1, 0.15) is 45.3 Å². The van der Waals surface area contributed by atoms with Crippen molar-refractivity contribution in [1.29, 1.82) is 0 Å². The fourth-order valence-electron chi connectivity index (χ4n) is 3.88. The monoisotopic (exact) mass is 354 g/mol. The first kappa shape index (κ1) is 17.0. The summed E-state index contributed by atoms with van der Waals surface area (Å²) < 4.78 is 3.73. The summed E-state index contributed by atoms with van der Waals surface area (Å²) in [4.78, 5) is 2.53. The molecule has 4 heterocycles. The Bertz CT molecular complexity index is 927. The SMILES string of the molecule is Cc1c(-c2cc(O)c3ccnn3c2)nnn1C1CCN(C(C)(C)C)CC1. The molecule has 1 aliphatic rings. The first-order chi connectivity index (χ1) is 12.3. The number of aromatic nitrogens is 5. The van der Waals surface area contributed by atoms with Crippen LogP contribution >= 0.6 is 0 Å². The molecule has 138 valence electrons. The van der Waals surface area contributed by atoms with E-state index in [4.69, 9.17) is 0 Å². The molecule has 1 N–H and O–H groups in total. The summed E-state index contributed by atoms with van der Waals surface area (Å²) in [5, 5.41) is 23.3. The van der Waals surface area contributed by atoms with Crippen LogP contribution < -0.4 is 0 Å². The molecule has 3 aromatic rings. The minimum Gasteiger partial charge on any atom is -0.506 e. The Balaban J connectivity index is 1.60. The number of nitrogens with zero attached hydrogens (tertiary/aromatic N) is 6. The van der Waals surface area contributed by atoms with Crippen LogP contribution in [0.25, 0.3) is 16.8 Å². The van der Waals surface area contributed by atoms with Crippen molar-refractivity contribution in [2.45, 2.75) is 52.1 Å². The Hall–Kier alpha value is -2.41. The van der Waals surface area contributed by atoms with Gasteiger partial charge in [-0.2, -0.15) is 5.10 Å². The smallest absolute Gasteiger partial charge is 0.142 e. The molecule has 7 heteroatoms. The molecule has 1 aliphatic heterocycles. The highest BCUT2D eigenvalue weighted by atomic mass is 16.3. The minimum atomic E-state index is 0.201. The molecule has 1 saturated heterocycles. The Morgan fingerprint density at radius 1 is 1.19 bits per heavy atom. The number of piperidine rings is 1. The van der Waals surface area contributed by atoms with Crippen molar-refractivity contribution in [1.82, 2.24) is 29.5 Å². The van der Waals surface area contributed by atoms with Crippen LogP contribution in [-0.4, -0.2) is 53.2 Å². The first-order valence-corrected chi connectivity index (χ1v) is 9.18. The summed E-state index contributed by atoms with van der Waals surface area (Å²) in [5.74, 6) is 0.201. The van der Waals surface area contributed by atoms with Gasteiger partial charge in [0.05, 0.1) is 17.9 Å². The molecule has 0 aliphatic carbocycles. The molecule has 0 amide bonds. The number of likely N-dealkylation sites (tertiary alicyclic amines) is 1. The lowest BCUT2D eigenvalue weighted by atomic mass is 9.98. The minimum absolute atomic E-state index is 0.201.